The van der Waals surface area contributed by atoms with Crippen LogP contribution in [-0.2, 0) is 0 Å². The van der Waals surface area contributed by atoms with E-state index in [4.69, 9.17) is 34.8 Å². The molecule has 0 unspecified atom stereocenters. The van der Waals surface area contributed by atoms with Gasteiger partial charge in [-0.1, -0.05) is 34.8 Å². The number of fused-ring (bicyclic) bond motifs is 1. The van der Waals surface area contributed by atoms with Crippen molar-refractivity contribution in [2.24, 2.45) is 0 Å². The Balaban J connectivity index is 2.94. The maximum Gasteiger partial charge on any atom is 0.157 e. The molecule has 5 heteroatoms. The van der Waals surface area contributed by atoms with Gasteiger partial charge in [-0.15, -0.1) is 0 Å². The van der Waals surface area contributed by atoms with Gasteiger partial charge in [0, 0.05) is 18.6 Å². The highest BCUT2D eigenvalue weighted by molar-refractivity contribution is 6.49. The molecule has 0 amide bonds. The lowest BCUT2D eigenvalue weighted by Gasteiger charge is -2.00. The molecule has 62 valence electrons. The molecule has 0 N–H and O–H groups in total. The van der Waals surface area contributed by atoms with Crippen LogP contribution in [0, 0.1) is 0 Å². The zero-order chi connectivity index (χ0) is 8.72. The van der Waals surface area contributed by atoms with Crippen LogP contribution >= 0.6 is 34.8 Å². The molecule has 12 heavy (non-hydrogen) atoms. The van der Waals surface area contributed by atoms with E-state index < -0.39 is 0 Å². The Bertz CT molecular complexity index is 435. The van der Waals surface area contributed by atoms with Crippen molar-refractivity contribution in [1.29, 1.82) is 0 Å². The molecule has 0 fully saturated rings. The number of hydrogen-bond donors (Lipinski definition) is 0. The largest absolute Gasteiger partial charge is 0.304 e. The number of nitrogens with zero attached hydrogens (tertiary/aromatic N) is 2. The molecule has 0 aromatic carbocycles. The first-order valence-electron chi connectivity index (χ1n) is 3.16. The predicted octanol–water partition coefficient (Wildman–Crippen LogP) is 3.29. The van der Waals surface area contributed by atoms with E-state index in [1.165, 1.54) is 0 Å². The maximum absolute atomic E-state index is 5.87. The summed E-state index contributed by atoms with van der Waals surface area (Å²) < 4.78 is 1.72. The molecule has 0 aliphatic heterocycles. The van der Waals surface area contributed by atoms with E-state index in [2.05, 4.69) is 4.98 Å². The first kappa shape index (κ1) is 8.17. The van der Waals surface area contributed by atoms with Crippen LogP contribution in [0.5, 0.6) is 0 Å². The third kappa shape index (κ3) is 1.07. The number of rotatable bonds is 0. The Morgan fingerprint density at radius 2 is 1.92 bits per heavy atom. The Morgan fingerprint density at radius 1 is 1.17 bits per heavy atom. The van der Waals surface area contributed by atoms with Crippen LogP contribution in [0.3, 0.4) is 0 Å². The first-order valence-corrected chi connectivity index (χ1v) is 4.29. The van der Waals surface area contributed by atoms with Gasteiger partial charge in [-0.05, 0) is 0 Å². The molecule has 0 saturated carbocycles. The Hall–Kier alpha value is -0.440. The quantitative estimate of drug-likeness (QED) is 0.667. The number of hydrogen-bond acceptors (Lipinski definition) is 1. The molecule has 0 aliphatic carbocycles. The summed E-state index contributed by atoms with van der Waals surface area (Å²) in [6.07, 6.45) is 5.05. The molecular weight excluding hydrogens is 218 g/mol. The maximum atomic E-state index is 5.87. The summed E-state index contributed by atoms with van der Waals surface area (Å²) in [4.78, 5) is 4.01. The fourth-order valence-electron chi connectivity index (χ4n) is 0.969. The van der Waals surface area contributed by atoms with Crippen LogP contribution in [0.4, 0.5) is 0 Å². The number of pyridine rings is 1. The van der Waals surface area contributed by atoms with Crippen molar-refractivity contribution in [2.75, 3.05) is 0 Å². The number of imidazole rings is 1. The average molecular weight is 221 g/mol. The summed E-state index contributed by atoms with van der Waals surface area (Å²) in [6.45, 7) is 0. The third-order valence-electron chi connectivity index (χ3n) is 1.52. The van der Waals surface area contributed by atoms with E-state index in [0.29, 0.717) is 20.7 Å². The highest BCUT2D eigenvalue weighted by Gasteiger charge is 2.08. The fourth-order valence-corrected chi connectivity index (χ4v) is 1.60. The van der Waals surface area contributed by atoms with Gasteiger partial charge in [0.25, 0.3) is 0 Å². The molecule has 0 radical (unpaired) electrons. The Morgan fingerprint density at radius 3 is 2.67 bits per heavy atom. The van der Waals surface area contributed by atoms with Crippen LogP contribution in [0.1, 0.15) is 0 Å². The summed E-state index contributed by atoms with van der Waals surface area (Å²) in [7, 11) is 0. The molecule has 2 aromatic rings. The van der Waals surface area contributed by atoms with Gasteiger partial charge in [-0.25, -0.2) is 4.98 Å². The summed E-state index contributed by atoms with van der Waals surface area (Å²) >= 11 is 17.5. The van der Waals surface area contributed by atoms with Crippen molar-refractivity contribution in [3.05, 3.63) is 33.7 Å². The van der Waals surface area contributed by atoms with Gasteiger partial charge in [0.05, 0.1) is 10.0 Å². The van der Waals surface area contributed by atoms with Crippen molar-refractivity contribution in [2.45, 2.75) is 0 Å². The molecule has 0 atom stereocenters. The lowest BCUT2D eigenvalue weighted by molar-refractivity contribution is 1.19. The standard InChI is InChI=1S/C7H3Cl3N2/c8-4-3-12-2-1-11-7(12)6(10)5(4)9/h1-3H. The third-order valence-corrected chi connectivity index (χ3v) is 2.75. The highest BCUT2D eigenvalue weighted by atomic mass is 35.5. The minimum Gasteiger partial charge on any atom is -0.304 e. The monoisotopic (exact) mass is 220 g/mol. The zero-order valence-corrected chi connectivity index (χ0v) is 8.03. The smallest absolute Gasteiger partial charge is 0.157 e. The van der Waals surface area contributed by atoms with E-state index in [-0.39, 0.29) is 0 Å². The van der Waals surface area contributed by atoms with Crippen LogP contribution in [-0.4, -0.2) is 9.38 Å². The average Bonchev–Trinajstić information content (AvgIpc) is 2.48. The Kier molecular flexibility index (Phi) is 1.91. The molecule has 0 spiro atoms. The SMILES string of the molecule is Clc1cn2ccnc2c(Cl)c1Cl. The highest BCUT2D eigenvalue weighted by Crippen LogP contribution is 2.32. The van der Waals surface area contributed by atoms with Crippen molar-refractivity contribution >= 4 is 40.4 Å². The van der Waals surface area contributed by atoms with E-state index in [1.54, 1.807) is 23.0 Å². The molecule has 0 bridgehead atoms. The summed E-state index contributed by atoms with van der Waals surface area (Å²) in [6, 6.07) is 0. The summed E-state index contributed by atoms with van der Waals surface area (Å²) in [5.41, 5.74) is 0.617. The summed E-state index contributed by atoms with van der Waals surface area (Å²) in [5, 5.41) is 1.15. The molecule has 0 saturated heterocycles. The predicted molar refractivity (Wildman–Crippen MR) is 50.2 cm³/mol. The van der Waals surface area contributed by atoms with Gasteiger partial charge in [-0.2, -0.15) is 0 Å². The van der Waals surface area contributed by atoms with Crippen LogP contribution in [0.15, 0.2) is 18.6 Å². The second-order valence-electron chi connectivity index (χ2n) is 2.26. The molecular formula is C7H3Cl3N2. The topological polar surface area (TPSA) is 17.3 Å². The lowest BCUT2D eigenvalue weighted by atomic mass is 10.5. The van der Waals surface area contributed by atoms with Crippen molar-refractivity contribution in [1.82, 2.24) is 9.38 Å². The second kappa shape index (κ2) is 2.80. The Labute approximate surface area is 83.7 Å². The molecule has 2 heterocycles. The molecule has 2 aromatic heterocycles. The fraction of sp³-hybridized carbons (Fsp3) is 0. The van der Waals surface area contributed by atoms with Crippen LogP contribution in [0.2, 0.25) is 15.1 Å². The minimum absolute atomic E-state index is 0.344. The van der Waals surface area contributed by atoms with Crippen LogP contribution in [0.25, 0.3) is 5.65 Å². The number of halogens is 3. The van der Waals surface area contributed by atoms with E-state index in [0.717, 1.165) is 0 Å². The molecule has 2 nitrogen and oxygen atoms in total. The first-order chi connectivity index (χ1) is 5.70. The van der Waals surface area contributed by atoms with E-state index in [1.807, 2.05) is 0 Å². The lowest BCUT2D eigenvalue weighted by Crippen LogP contribution is -1.85. The van der Waals surface area contributed by atoms with Crippen molar-refractivity contribution < 1.29 is 0 Å². The van der Waals surface area contributed by atoms with E-state index >= 15 is 0 Å². The van der Waals surface area contributed by atoms with Gasteiger partial charge < -0.3 is 4.40 Å². The van der Waals surface area contributed by atoms with Crippen molar-refractivity contribution in [3.8, 4) is 0 Å². The molecule has 0 aliphatic rings. The minimum atomic E-state index is 0.344. The zero-order valence-electron chi connectivity index (χ0n) is 5.76. The van der Waals surface area contributed by atoms with Gasteiger partial charge in [0.1, 0.15) is 5.02 Å². The van der Waals surface area contributed by atoms with Gasteiger partial charge in [0.2, 0.25) is 0 Å². The second-order valence-corrected chi connectivity index (χ2v) is 3.43. The van der Waals surface area contributed by atoms with Gasteiger partial charge >= 0.3 is 0 Å². The van der Waals surface area contributed by atoms with Gasteiger partial charge in [0.15, 0.2) is 5.65 Å². The van der Waals surface area contributed by atoms with Crippen LogP contribution < -0.4 is 0 Å². The van der Waals surface area contributed by atoms with Gasteiger partial charge in [-0.3, -0.25) is 0 Å². The van der Waals surface area contributed by atoms with E-state index in [9.17, 15) is 0 Å². The normalized spacial score (nSPS) is 10.9. The number of aromatic nitrogens is 2. The summed E-state index contributed by atoms with van der Waals surface area (Å²) in [5.74, 6) is 0. The molecule has 2 rings (SSSR count). The van der Waals surface area contributed by atoms with Crippen molar-refractivity contribution in [3.63, 3.8) is 0 Å².